The molecule has 140 valence electrons. The van der Waals surface area contributed by atoms with Crippen molar-refractivity contribution >= 4 is 41.5 Å². The molecule has 3 rings (SSSR count). The highest BCUT2D eigenvalue weighted by Gasteiger charge is 2.70. The van der Waals surface area contributed by atoms with Gasteiger partial charge in [0.1, 0.15) is 5.54 Å². The van der Waals surface area contributed by atoms with Crippen LogP contribution in [0.3, 0.4) is 0 Å². The van der Waals surface area contributed by atoms with Gasteiger partial charge in [0.15, 0.2) is 0 Å². The first-order valence-electron chi connectivity index (χ1n) is 8.29. The summed E-state index contributed by atoms with van der Waals surface area (Å²) in [6.45, 7) is 5.27. The van der Waals surface area contributed by atoms with Crippen LogP contribution in [0.5, 0.6) is 0 Å². The quantitative estimate of drug-likeness (QED) is 0.826. The van der Waals surface area contributed by atoms with E-state index < -0.39 is 5.54 Å². The fourth-order valence-electron chi connectivity index (χ4n) is 4.31. The lowest BCUT2D eigenvalue weighted by Crippen LogP contribution is -2.82. The highest BCUT2D eigenvalue weighted by Crippen LogP contribution is 2.57. The third-order valence-electron chi connectivity index (χ3n) is 5.79. The zero-order chi connectivity index (χ0) is 17.7. The van der Waals surface area contributed by atoms with Gasteiger partial charge in [-0.25, -0.2) is 0 Å². The normalized spacial score (nSPS) is 29.8. The summed E-state index contributed by atoms with van der Waals surface area (Å²) in [5.74, 6) is 0.0512. The number of rotatable bonds is 3. The number of ether oxygens (including phenoxy) is 1. The Balaban J connectivity index is 0.00000225. The van der Waals surface area contributed by atoms with Crippen molar-refractivity contribution in [1.82, 2.24) is 4.90 Å². The predicted octanol–water partition coefficient (Wildman–Crippen LogP) is 3.91. The summed E-state index contributed by atoms with van der Waals surface area (Å²) in [4.78, 5) is 14.8. The van der Waals surface area contributed by atoms with Gasteiger partial charge in [-0.2, -0.15) is 0 Å². The van der Waals surface area contributed by atoms with Gasteiger partial charge in [0.05, 0.1) is 16.1 Å². The highest BCUT2D eigenvalue weighted by atomic mass is 35.5. The molecule has 0 bridgehead atoms. The molecule has 1 aliphatic carbocycles. The van der Waals surface area contributed by atoms with Crippen LogP contribution in [0.2, 0.25) is 10.0 Å². The van der Waals surface area contributed by atoms with Gasteiger partial charge >= 0.3 is 0 Å². The van der Waals surface area contributed by atoms with Crippen molar-refractivity contribution in [1.29, 1.82) is 0 Å². The Hall–Kier alpha value is -0.520. The minimum absolute atomic E-state index is 0. The van der Waals surface area contributed by atoms with Gasteiger partial charge in [0.25, 0.3) is 0 Å². The molecular formula is C18H25Cl3N2O2. The molecule has 3 unspecified atom stereocenters. The number of carbonyl (C=O) groups is 1. The second-order valence-corrected chi connectivity index (χ2v) is 8.35. The largest absolute Gasteiger partial charge is 0.377 e. The van der Waals surface area contributed by atoms with E-state index in [1.54, 1.807) is 24.1 Å². The summed E-state index contributed by atoms with van der Waals surface area (Å²) in [5.41, 5.74) is 6.34. The molecule has 1 aromatic carbocycles. The molecule has 1 saturated carbocycles. The van der Waals surface area contributed by atoms with Crippen LogP contribution in [0.1, 0.15) is 32.3 Å². The van der Waals surface area contributed by atoms with Gasteiger partial charge in [0.2, 0.25) is 5.91 Å². The zero-order valence-corrected chi connectivity index (χ0v) is 17.0. The molecule has 2 fully saturated rings. The molecule has 0 aromatic heterocycles. The van der Waals surface area contributed by atoms with Crippen molar-refractivity contribution in [2.45, 2.75) is 44.9 Å². The molecule has 4 nitrogen and oxygen atoms in total. The Morgan fingerprint density at radius 1 is 1.36 bits per heavy atom. The van der Waals surface area contributed by atoms with Crippen LogP contribution in [0.15, 0.2) is 18.2 Å². The molecule has 1 aliphatic heterocycles. The van der Waals surface area contributed by atoms with Crippen molar-refractivity contribution in [2.75, 3.05) is 13.7 Å². The van der Waals surface area contributed by atoms with E-state index in [4.69, 9.17) is 33.7 Å². The molecular weight excluding hydrogens is 383 g/mol. The number of halogens is 3. The van der Waals surface area contributed by atoms with Crippen molar-refractivity contribution in [3.63, 3.8) is 0 Å². The maximum atomic E-state index is 13.2. The number of benzene rings is 1. The highest BCUT2D eigenvalue weighted by molar-refractivity contribution is 6.42. The Bertz CT molecular complexity index is 668. The van der Waals surface area contributed by atoms with E-state index in [1.807, 2.05) is 19.9 Å². The fourth-order valence-corrected chi connectivity index (χ4v) is 4.63. The summed E-state index contributed by atoms with van der Waals surface area (Å²) < 4.78 is 5.88. The molecule has 1 saturated heterocycles. The van der Waals surface area contributed by atoms with Crippen LogP contribution in [-0.2, 0) is 16.1 Å². The van der Waals surface area contributed by atoms with Crippen LogP contribution in [-0.4, -0.2) is 36.1 Å². The van der Waals surface area contributed by atoms with Gasteiger partial charge in [0, 0.05) is 31.5 Å². The number of hydrogen-bond donors (Lipinski definition) is 1. The van der Waals surface area contributed by atoms with Gasteiger partial charge in [-0.15, -0.1) is 12.4 Å². The van der Waals surface area contributed by atoms with Crippen LogP contribution < -0.4 is 5.73 Å². The third-order valence-corrected chi connectivity index (χ3v) is 6.53. The first-order chi connectivity index (χ1) is 11.2. The molecule has 3 atom stereocenters. The van der Waals surface area contributed by atoms with Crippen molar-refractivity contribution < 1.29 is 9.53 Å². The summed E-state index contributed by atoms with van der Waals surface area (Å²) in [5, 5.41) is 0.995. The Kier molecular flexibility index (Phi) is 6.02. The van der Waals surface area contributed by atoms with Crippen LogP contribution in [0.4, 0.5) is 0 Å². The molecule has 1 aromatic rings. The second-order valence-electron chi connectivity index (χ2n) is 7.54. The third kappa shape index (κ3) is 3.17. The van der Waals surface area contributed by atoms with Gasteiger partial charge in [-0.3, -0.25) is 4.79 Å². The number of likely N-dealkylation sites (N-methyl/N-ethyl adjacent to an activating group) is 1. The molecule has 7 heteroatoms. The minimum Gasteiger partial charge on any atom is -0.377 e. The first-order valence-corrected chi connectivity index (χ1v) is 9.05. The van der Waals surface area contributed by atoms with E-state index in [1.165, 1.54) is 0 Å². The van der Waals surface area contributed by atoms with Crippen molar-refractivity contribution in [2.24, 2.45) is 17.1 Å². The van der Waals surface area contributed by atoms with E-state index in [0.717, 1.165) is 25.0 Å². The van der Waals surface area contributed by atoms with E-state index in [9.17, 15) is 4.79 Å². The van der Waals surface area contributed by atoms with Gasteiger partial charge < -0.3 is 15.4 Å². The summed E-state index contributed by atoms with van der Waals surface area (Å²) in [6.07, 6.45) is 1.97. The number of nitrogens with two attached hydrogens (primary N) is 1. The molecule has 1 amide bonds. The van der Waals surface area contributed by atoms with E-state index >= 15 is 0 Å². The minimum atomic E-state index is -0.886. The smallest absolute Gasteiger partial charge is 0.243 e. The Morgan fingerprint density at radius 3 is 2.68 bits per heavy atom. The SMILES string of the molecule is CN(Cc1ccc(Cl)c(Cl)c1)C(=O)C1(N)C2CCCOC2C1(C)C.Cl. The molecule has 2 N–H and O–H groups in total. The number of fused-ring (bicyclic) bond motifs is 1. The zero-order valence-electron chi connectivity index (χ0n) is 14.7. The topological polar surface area (TPSA) is 55.6 Å². The predicted molar refractivity (Wildman–Crippen MR) is 103 cm³/mol. The van der Waals surface area contributed by atoms with Crippen LogP contribution in [0.25, 0.3) is 0 Å². The fraction of sp³-hybridized carbons (Fsp3) is 0.611. The van der Waals surface area contributed by atoms with Crippen molar-refractivity contribution in [3.05, 3.63) is 33.8 Å². The van der Waals surface area contributed by atoms with Crippen molar-refractivity contribution in [3.8, 4) is 0 Å². The van der Waals surface area contributed by atoms with E-state index in [2.05, 4.69) is 0 Å². The molecule has 25 heavy (non-hydrogen) atoms. The Labute approximate surface area is 165 Å². The van der Waals surface area contributed by atoms with Gasteiger partial charge in [-0.1, -0.05) is 43.1 Å². The monoisotopic (exact) mass is 406 g/mol. The lowest BCUT2D eigenvalue weighted by molar-refractivity contribution is -0.229. The average molecular weight is 408 g/mol. The number of amides is 1. The summed E-state index contributed by atoms with van der Waals surface area (Å²) >= 11 is 12.0. The Morgan fingerprint density at radius 2 is 2.04 bits per heavy atom. The number of carbonyl (C=O) groups excluding carboxylic acids is 1. The molecule has 2 aliphatic rings. The lowest BCUT2D eigenvalue weighted by atomic mass is 9.46. The number of nitrogens with zero attached hydrogens (tertiary/aromatic N) is 1. The summed E-state index contributed by atoms with van der Waals surface area (Å²) in [6, 6.07) is 5.41. The summed E-state index contributed by atoms with van der Waals surface area (Å²) in [7, 11) is 1.78. The molecule has 0 spiro atoms. The number of hydrogen-bond acceptors (Lipinski definition) is 3. The maximum Gasteiger partial charge on any atom is 0.243 e. The molecule has 0 radical (unpaired) electrons. The second kappa shape index (κ2) is 7.24. The maximum absolute atomic E-state index is 13.2. The average Bonchev–Trinajstić information content (AvgIpc) is 2.56. The van der Waals surface area contributed by atoms with E-state index in [-0.39, 0.29) is 35.8 Å². The standard InChI is InChI=1S/C18H24Cl2N2O2.ClH/c1-17(2)15-12(5-4-8-24-15)18(17,21)16(23)22(3)10-11-6-7-13(19)14(20)9-11;/h6-7,9,12,15H,4-5,8,10,21H2,1-3H3;1H. The lowest BCUT2D eigenvalue weighted by Gasteiger charge is -2.65. The van der Waals surface area contributed by atoms with E-state index in [0.29, 0.717) is 16.6 Å². The molecule has 1 heterocycles. The first kappa shape index (κ1) is 20.8. The van der Waals surface area contributed by atoms with Crippen LogP contribution >= 0.6 is 35.6 Å². The van der Waals surface area contributed by atoms with Crippen LogP contribution in [0, 0.1) is 11.3 Å². The van der Waals surface area contributed by atoms with Gasteiger partial charge in [-0.05, 0) is 30.5 Å².